The van der Waals surface area contributed by atoms with Crippen LogP contribution in [0.5, 0.6) is 0 Å². The molecule has 0 aliphatic heterocycles. The number of nitrogens with zero attached hydrogens (tertiary/aromatic N) is 5. The van der Waals surface area contributed by atoms with Gasteiger partial charge in [0.25, 0.3) is 5.89 Å². The van der Waals surface area contributed by atoms with E-state index in [4.69, 9.17) is 16.1 Å². The van der Waals surface area contributed by atoms with Crippen LogP contribution in [0.2, 0.25) is 4.34 Å². The second-order valence-electron chi connectivity index (χ2n) is 5.36. The van der Waals surface area contributed by atoms with E-state index in [9.17, 15) is 0 Å². The van der Waals surface area contributed by atoms with Crippen LogP contribution in [0.25, 0.3) is 33.2 Å². The van der Waals surface area contributed by atoms with E-state index >= 15 is 0 Å². The van der Waals surface area contributed by atoms with E-state index in [1.807, 2.05) is 35.0 Å². The molecular weight excluding hydrogens is 334 g/mol. The van der Waals surface area contributed by atoms with Crippen LogP contribution in [-0.2, 0) is 0 Å². The van der Waals surface area contributed by atoms with Gasteiger partial charge in [0.2, 0.25) is 5.82 Å². The topological polar surface area (TPSA) is 69.6 Å². The van der Waals surface area contributed by atoms with E-state index < -0.39 is 0 Å². The molecule has 0 amide bonds. The highest BCUT2D eigenvalue weighted by molar-refractivity contribution is 7.19. The maximum atomic E-state index is 5.94. The molecule has 0 aliphatic rings. The van der Waals surface area contributed by atoms with Crippen LogP contribution in [0.3, 0.4) is 0 Å². The minimum atomic E-state index is 0.254. The van der Waals surface area contributed by atoms with E-state index in [2.05, 4.69) is 34.3 Å². The van der Waals surface area contributed by atoms with Crippen molar-refractivity contribution in [2.75, 3.05) is 0 Å². The Balaban J connectivity index is 1.73. The van der Waals surface area contributed by atoms with Gasteiger partial charge in [0.05, 0.1) is 14.7 Å². The van der Waals surface area contributed by atoms with Gasteiger partial charge in [-0.05, 0) is 44.2 Å². The molecule has 8 heteroatoms. The first-order valence-electron chi connectivity index (χ1n) is 7.06. The molecule has 0 radical (unpaired) electrons. The Bertz CT molecular complexity index is 987. The highest BCUT2D eigenvalue weighted by Gasteiger charge is 2.14. The highest BCUT2D eigenvalue weighted by Crippen LogP contribution is 2.31. The van der Waals surface area contributed by atoms with Gasteiger partial charge >= 0.3 is 0 Å². The Hall–Kier alpha value is -2.25. The molecule has 0 fully saturated rings. The summed E-state index contributed by atoms with van der Waals surface area (Å²) < 4.78 is 7.94. The van der Waals surface area contributed by atoms with Crippen molar-refractivity contribution in [3.63, 3.8) is 0 Å². The largest absolute Gasteiger partial charge is 0.334 e. The average Bonchev–Trinajstić information content (AvgIpc) is 3.24. The summed E-state index contributed by atoms with van der Waals surface area (Å²) in [6.07, 6.45) is 0. The van der Waals surface area contributed by atoms with Crippen LogP contribution in [0, 0.1) is 0 Å². The van der Waals surface area contributed by atoms with Crippen molar-refractivity contribution < 1.29 is 4.52 Å². The first-order valence-corrected chi connectivity index (χ1v) is 8.26. The zero-order chi connectivity index (χ0) is 16.0. The Morgan fingerprint density at radius 3 is 2.83 bits per heavy atom. The van der Waals surface area contributed by atoms with Gasteiger partial charge in [-0.2, -0.15) is 4.98 Å². The van der Waals surface area contributed by atoms with Crippen molar-refractivity contribution in [2.45, 2.75) is 19.9 Å². The maximum Gasteiger partial charge on any atom is 0.258 e. The van der Waals surface area contributed by atoms with Crippen LogP contribution in [0.15, 0.2) is 34.9 Å². The number of hydrogen-bond donors (Lipinski definition) is 0. The molecule has 6 nitrogen and oxygen atoms in total. The number of thiophene rings is 1. The molecule has 0 spiro atoms. The fourth-order valence-electron chi connectivity index (χ4n) is 2.33. The molecule has 0 N–H and O–H groups in total. The molecule has 0 saturated heterocycles. The number of aromatic nitrogens is 5. The van der Waals surface area contributed by atoms with Crippen LogP contribution >= 0.6 is 22.9 Å². The summed E-state index contributed by atoms with van der Waals surface area (Å²) >= 11 is 7.36. The van der Waals surface area contributed by atoms with E-state index in [1.165, 1.54) is 11.3 Å². The highest BCUT2D eigenvalue weighted by atomic mass is 35.5. The molecule has 1 aromatic carbocycles. The lowest BCUT2D eigenvalue weighted by atomic mass is 10.2. The minimum absolute atomic E-state index is 0.254. The maximum absolute atomic E-state index is 5.94. The second kappa shape index (κ2) is 5.43. The lowest BCUT2D eigenvalue weighted by Crippen LogP contribution is -2.02. The third kappa shape index (κ3) is 2.51. The van der Waals surface area contributed by atoms with E-state index in [1.54, 1.807) is 0 Å². The van der Waals surface area contributed by atoms with Gasteiger partial charge in [-0.3, -0.25) is 0 Å². The Labute approximate surface area is 140 Å². The smallest absolute Gasteiger partial charge is 0.258 e. The Morgan fingerprint density at radius 1 is 1.22 bits per heavy atom. The number of fused-ring (bicyclic) bond motifs is 1. The fraction of sp³-hybridized carbons (Fsp3) is 0.200. The third-order valence-electron chi connectivity index (χ3n) is 3.43. The average molecular weight is 346 g/mol. The van der Waals surface area contributed by atoms with Gasteiger partial charge in [0.15, 0.2) is 0 Å². The third-order valence-corrected chi connectivity index (χ3v) is 4.65. The van der Waals surface area contributed by atoms with Gasteiger partial charge in [0.1, 0.15) is 5.52 Å². The normalized spacial score (nSPS) is 11.7. The molecule has 116 valence electrons. The van der Waals surface area contributed by atoms with E-state index in [-0.39, 0.29) is 6.04 Å². The lowest BCUT2D eigenvalue weighted by Gasteiger charge is -2.04. The molecule has 4 rings (SSSR count). The van der Waals surface area contributed by atoms with Crippen LogP contribution in [0.4, 0.5) is 0 Å². The summed E-state index contributed by atoms with van der Waals surface area (Å²) in [6, 6.07) is 9.75. The van der Waals surface area contributed by atoms with Crippen molar-refractivity contribution in [3.05, 3.63) is 34.7 Å². The SMILES string of the molecule is CC(C)n1nnc2cc(-c3nc(-c4ccc(Cl)s4)no3)ccc21. The fourth-order valence-corrected chi connectivity index (χ4v) is 3.30. The zero-order valence-electron chi connectivity index (χ0n) is 12.4. The summed E-state index contributed by atoms with van der Waals surface area (Å²) in [6.45, 7) is 4.14. The predicted molar refractivity (Wildman–Crippen MR) is 89.5 cm³/mol. The van der Waals surface area contributed by atoms with E-state index in [0.717, 1.165) is 21.5 Å². The summed E-state index contributed by atoms with van der Waals surface area (Å²) in [7, 11) is 0. The lowest BCUT2D eigenvalue weighted by molar-refractivity contribution is 0.432. The first kappa shape index (κ1) is 14.3. The number of benzene rings is 1. The number of hydrogen-bond acceptors (Lipinski definition) is 6. The van der Waals surface area contributed by atoms with Crippen LogP contribution in [-0.4, -0.2) is 25.1 Å². The zero-order valence-corrected chi connectivity index (χ0v) is 14.0. The minimum Gasteiger partial charge on any atom is -0.334 e. The molecule has 0 unspecified atom stereocenters. The number of rotatable bonds is 3. The predicted octanol–water partition coefficient (Wildman–Crippen LogP) is 4.44. The summed E-state index contributed by atoms with van der Waals surface area (Å²) in [5, 5.41) is 12.4. The van der Waals surface area contributed by atoms with Gasteiger partial charge in [-0.1, -0.05) is 22.0 Å². The summed E-state index contributed by atoms with van der Waals surface area (Å²) in [5.41, 5.74) is 2.60. The van der Waals surface area contributed by atoms with Gasteiger partial charge in [-0.25, -0.2) is 4.68 Å². The van der Waals surface area contributed by atoms with Gasteiger partial charge < -0.3 is 4.52 Å². The molecule has 3 heterocycles. The molecule has 4 aromatic rings. The summed E-state index contributed by atoms with van der Waals surface area (Å²) in [4.78, 5) is 5.30. The van der Waals surface area contributed by atoms with E-state index in [0.29, 0.717) is 16.1 Å². The van der Waals surface area contributed by atoms with Crippen LogP contribution < -0.4 is 0 Å². The van der Waals surface area contributed by atoms with Crippen molar-refractivity contribution in [1.82, 2.24) is 25.1 Å². The molecule has 23 heavy (non-hydrogen) atoms. The molecule has 0 atom stereocenters. The van der Waals surface area contributed by atoms with Crippen molar-refractivity contribution >= 4 is 34.0 Å². The number of halogens is 1. The second-order valence-corrected chi connectivity index (χ2v) is 7.07. The first-order chi connectivity index (χ1) is 11.1. The van der Waals surface area contributed by atoms with Crippen molar-refractivity contribution in [1.29, 1.82) is 0 Å². The molecule has 3 aromatic heterocycles. The quantitative estimate of drug-likeness (QED) is 0.548. The van der Waals surface area contributed by atoms with Gasteiger partial charge in [0, 0.05) is 11.6 Å². The van der Waals surface area contributed by atoms with Gasteiger partial charge in [-0.15, -0.1) is 16.4 Å². The Morgan fingerprint density at radius 2 is 2.09 bits per heavy atom. The molecule has 0 aliphatic carbocycles. The molecule has 0 saturated carbocycles. The standard InChI is InChI=1S/C15H12ClN5OS/c1-8(2)21-11-4-3-9(7-10(11)18-20-21)15-17-14(19-22-15)12-5-6-13(16)23-12/h3-8H,1-2H3. The summed E-state index contributed by atoms with van der Waals surface area (Å²) in [5.74, 6) is 0.980. The Kier molecular flexibility index (Phi) is 3.39. The van der Waals surface area contributed by atoms with Crippen molar-refractivity contribution in [3.8, 4) is 22.2 Å². The van der Waals surface area contributed by atoms with Crippen LogP contribution in [0.1, 0.15) is 19.9 Å². The van der Waals surface area contributed by atoms with Crippen molar-refractivity contribution in [2.24, 2.45) is 0 Å². The molecular formula is C15H12ClN5OS. The molecule has 0 bridgehead atoms. The monoisotopic (exact) mass is 345 g/mol.